The molecule has 0 unspecified atom stereocenters. The molecule has 1 heterocycles. The Hall–Kier alpha value is -1.02. The lowest BCUT2D eigenvalue weighted by molar-refractivity contribution is 0.0577. The van der Waals surface area contributed by atoms with E-state index in [4.69, 9.17) is 4.74 Å². The summed E-state index contributed by atoms with van der Waals surface area (Å²) >= 11 is 0. The first-order valence-corrected chi connectivity index (χ1v) is 8.82. The lowest BCUT2D eigenvalue weighted by atomic mass is 9.80. The van der Waals surface area contributed by atoms with Crippen molar-refractivity contribution in [3.63, 3.8) is 0 Å². The fourth-order valence-electron chi connectivity index (χ4n) is 2.75. The zero-order chi connectivity index (χ0) is 16.2. The van der Waals surface area contributed by atoms with Crippen LogP contribution in [-0.4, -0.2) is 41.8 Å². The second kappa shape index (κ2) is 7.04. The molecule has 1 aromatic carbocycles. The summed E-state index contributed by atoms with van der Waals surface area (Å²) in [5.74, 6) is -0.409. The number of hydrogen-bond acceptors (Lipinski definition) is 4. The fourth-order valence-corrected chi connectivity index (χ4v) is 3.99. The van der Waals surface area contributed by atoms with E-state index in [-0.39, 0.29) is 10.3 Å². The van der Waals surface area contributed by atoms with Crippen LogP contribution in [0.15, 0.2) is 23.1 Å². The molecular weight excluding hydrogens is 307 g/mol. The topological polar surface area (TPSA) is 67.4 Å². The normalized spacial score (nSPS) is 18.3. The SMILES string of the molecule is COCC1(CNS(=O)(=O)c2ccc(F)c(C)c2)CCNCC1. The van der Waals surface area contributed by atoms with Crippen molar-refractivity contribution in [3.05, 3.63) is 29.6 Å². The molecule has 22 heavy (non-hydrogen) atoms. The molecule has 7 heteroatoms. The van der Waals surface area contributed by atoms with E-state index in [0.717, 1.165) is 25.9 Å². The third-order valence-electron chi connectivity index (χ3n) is 4.19. The van der Waals surface area contributed by atoms with Gasteiger partial charge >= 0.3 is 0 Å². The van der Waals surface area contributed by atoms with Gasteiger partial charge in [0, 0.05) is 19.1 Å². The van der Waals surface area contributed by atoms with Crippen molar-refractivity contribution < 1.29 is 17.5 Å². The number of piperidine rings is 1. The van der Waals surface area contributed by atoms with Crippen LogP contribution < -0.4 is 10.0 Å². The maximum Gasteiger partial charge on any atom is 0.240 e. The molecule has 0 bridgehead atoms. The number of sulfonamides is 1. The van der Waals surface area contributed by atoms with Crippen LogP contribution in [0.5, 0.6) is 0 Å². The standard InChI is InChI=1S/C15H23FN2O3S/c1-12-9-13(3-4-14(12)16)22(19,20)18-10-15(11-21-2)5-7-17-8-6-15/h3-4,9,17-18H,5-8,10-11H2,1-2H3. The maximum atomic E-state index is 13.3. The Labute approximate surface area is 131 Å². The van der Waals surface area contributed by atoms with Crippen LogP contribution in [0.4, 0.5) is 4.39 Å². The molecule has 1 aromatic rings. The molecule has 1 fully saturated rings. The molecule has 2 N–H and O–H groups in total. The zero-order valence-electron chi connectivity index (χ0n) is 13.0. The van der Waals surface area contributed by atoms with Gasteiger partial charge in [-0.1, -0.05) is 0 Å². The highest BCUT2D eigenvalue weighted by molar-refractivity contribution is 7.89. The predicted molar refractivity (Wildman–Crippen MR) is 82.7 cm³/mol. The maximum absolute atomic E-state index is 13.3. The van der Waals surface area contributed by atoms with E-state index in [2.05, 4.69) is 10.0 Å². The van der Waals surface area contributed by atoms with Gasteiger partial charge < -0.3 is 10.1 Å². The smallest absolute Gasteiger partial charge is 0.240 e. The molecular formula is C15H23FN2O3S. The average molecular weight is 330 g/mol. The largest absolute Gasteiger partial charge is 0.384 e. The number of benzene rings is 1. The molecule has 0 aliphatic carbocycles. The number of methoxy groups -OCH3 is 1. The summed E-state index contributed by atoms with van der Waals surface area (Å²) in [6.07, 6.45) is 1.71. The first-order chi connectivity index (χ1) is 10.4. The van der Waals surface area contributed by atoms with E-state index in [0.29, 0.717) is 18.7 Å². The van der Waals surface area contributed by atoms with E-state index in [9.17, 15) is 12.8 Å². The van der Waals surface area contributed by atoms with Gasteiger partial charge in [0.05, 0.1) is 11.5 Å². The van der Waals surface area contributed by atoms with Crippen molar-refractivity contribution >= 4 is 10.0 Å². The Morgan fingerprint density at radius 1 is 1.36 bits per heavy atom. The molecule has 0 aromatic heterocycles. The van der Waals surface area contributed by atoms with Crippen molar-refractivity contribution in [3.8, 4) is 0 Å². The second-order valence-corrected chi connectivity index (χ2v) is 7.69. The molecule has 1 aliphatic heterocycles. The summed E-state index contributed by atoms with van der Waals surface area (Å²) < 4.78 is 46.0. The van der Waals surface area contributed by atoms with Gasteiger partial charge in [0.1, 0.15) is 5.82 Å². The van der Waals surface area contributed by atoms with Gasteiger partial charge in [0.25, 0.3) is 0 Å². The first kappa shape index (κ1) is 17.3. The number of halogens is 1. The van der Waals surface area contributed by atoms with Gasteiger partial charge in [-0.25, -0.2) is 17.5 Å². The summed E-state index contributed by atoms with van der Waals surface area (Å²) in [5.41, 5.74) is 0.124. The second-order valence-electron chi connectivity index (χ2n) is 5.92. The molecule has 0 atom stereocenters. The molecule has 2 rings (SSSR count). The van der Waals surface area contributed by atoms with Gasteiger partial charge in [0.15, 0.2) is 0 Å². The minimum absolute atomic E-state index is 0.0906. The van der Waals surface area contributed by atoms with Crippen molar-refractivity contribution in [2.75, 3.05) is 33.4 Å². The van der Waals surface area contributed by atoms with Crippen molar-refractivity contribution in [2.45, 2.75) is 24.7 Å². The molecule has 0 amide bonds. The van der Waals surface area contributed by atoms with Crippen LogP contribution in [0.25, 0.3) is 0 Å². The highest BCUT2D eigenvalue weighted by Gasteiger charge is 2.33. The fraction of sp³-hybridized carbons (Fsp3) is 0.600. The minimum atomic E-state index is -3.65. The van der Waals surface area contributed by atoms with Crippen molar-refractivity contribution in [1.29, 1.82) is 0 Å². The zero-order valence-corrected chi connectivity index (χ0v) is 13.8. The predicted octanol–water partition coefficient (Wildman–Crippen LogP) is 1.43. The highest BCUT2D eigenvalue weighted by Crippen LogP contribution is 2.29. The van der Waals surface area contributed by atoms with Gasteiger partial charge in [-0.2, -0.15) is 0 Å². The number of rotatable bonds is 6. The Kier molecular flexibility index (Phi) is 5.55. The highest BCUT2D eigenvalue weighted by atomic mass is 32.2. The number of ether oxygens (including phenoxy) is 1. The number of aryl methyl sites for hydroxylation is 1. The summed E-state index contributed by atoms with van der Waals surface area (Å²) in [4.78, 5) is 0.0906. The molecule has 5 nitrogen and oxygen atoms in total. The number of hydrogen-bond donors (Lipinski definition) is 2. The van der Waals surface area contributed by atoms with Crippen LogP contribution in [0.2, 0.25) is 0 Å². The lowest BCUT2D eigenvalue weighted by Gasteiger charge is -2.37. The van der Waals surface area contributed by atoms with Crippen LogP contribution in [0.3, 0.4) is 0 Å². The van der Waals surface area contributed by atoms with Gasteiger partial charge in [-0.3, -0.25) is 0 Å². The molecule has 1 saturated heterocycles. The van der Waals surface area contributed by atoms with Crippen LogP contribution in [0.1, 0.15) is 18.4 Å². The summed E-state index contributed by atoms with van der Waals surface area (Å²) in [7, 11) is -2.02. The average Bonchev–Trinajstić information content (AvgIpc) is 2.49. The van der Waals surface area contributed by atoms with Gasteiger partial charge in [0.2, 0.25) is 10.0 Å². The summed E-state index contributed by atoms with van der Waals surface area (Å²) in [5, 5.41) is 3.27. The Morgan fingerprint density at radius 3 is 2.64 bits per heavy atom. The Bertz CT molecular complexity index is 608. The molecule has 1 aliphatic rings. The summed E-state index contributed by atoms with van der Waals surface area (Å²) in [6.45, 7) is 4.08. The lowest BCUT2D eigenvalue weighted by Crippen LogP contribution is -2.47. The third kappa shape index (κ3) is 4.04. The van der Waals surface area contributed by atoms with Crippen molar-refractivity contribution in [1.82, 2.24) is 10.0 Å². The minimum Gasteiger partial charge on any atom is -0.384 e. The van der Waals surface area contributed by atoms with Crippen molar-refractivity contribution in [2.24, 2.45) is 5.41 Å². The molecule has 0 saturated carbocycles. The summed E-state index contributed by atoms with van der Waals surface area (Å²) in [6, 6.07) is 3.82. The monoisotopic (exact) mass is 330 g/mol. The van der Waals surface area contributed by atoms with Crippen LogP contribution in [0, 0.1) is 18.2 Å². The Morgan fingerprint density at radius 2 is 2.05 bits per heavy atom. The van der Waals surface area contributed by atoms with E-state index >= 15 is 0 Å². The van der Waals surface area contributed by atoms with Crippen LogP contribution >= 0.6 is 0 Å². The van der Waals surface area contributed by atoms with E-state index in [1.165, 1.54) is 18.2 Å². The molecule has 0 spiro atoms. The van der Waals surface area contributed by atoms with E-state index in [1.54, 1.807) is 14.0 Å². The Balaban J connectivity index is 2.12. The van der Waals surface area contributed by atoms with Gasteiger partial charge in [-0.05, 0) is 56.6 Å². The molecule has 0 radical (unpaired) electrons. The number of nitrogens with one attached hydrogen (secondary N) is 2. The quantitative estimate of drug-likeness (QED) is 0.828. The van der Waals surface area contributed by atoms with E-state index in [1.807, 2.05) is 0 Å². The van der Waals surface area contributed by atoms with E-state index < -0.39 is 15.8 Å². The third-order valence-corrected chi connectivity index (χ3v) is 5.59. The van der Waals surface area contributed by atoms with Gasteiger partial charge in [-0.15, -0.1) is 0 Å². The van der Waals surface area contributed by atoms with Crippen LogP contribution in [-0.2, 0) is 14.8 Å². The molecule has 124 valence electrons. The first-order valence-electron chi connectivity index (χ1n) is 7.34.